The number of rotatable bonds is 10. The zero-order valence-electron chi connectivity index (χ0n) is 22.2. The summed E-state index contributed by atoms with van der Waals surface area (Å²) < 4.78 is 30.3. The van der Waals surface area contributed by atoms with Crippen molar-refractivity contribution >= 4 is 50.4 Å². The molecule has 2 aromatic heterocycles. The second-order valence-corrected chi connectivity index (χ2v) is 10.7. The molecule has 0 radical (unpaired) electrons. The van der Waals surface area contributed by atoms with E-state index in [2.05, 4.69) is 25.4 Å². The molecule has 0 saturated carbocycles. The number of ether oxygens (including phenoxy) is 1. The number of aryl methyl sites for hydroxylation is 1. The van der Waals surface area contributed by atoms with Crippen LogP contribution in [0.15, 0.2) is 65.9 Å². The number of aromatic amines is 1. The summed E-state index contributed by atoms with van der Waals surface area (Å²) in [5.74, 6) is 0.376. The lowest BCUT2D eigenvalue weighted by atomic mass is 10.2. The molecule has 2 amide bonds. The quantitative estimate of drug-likeness (QED) is 0.0801. The van der Waals surface area contributed by atoms with E-state index in [-0.39, 0.29) is 30.4 Å². The van der Waals surface area contributed by atoms with E-state index in [1.807, 2.05) is 4.72 Å². The predicted octanol–water partition coefficient (Wildman–Crippen LogP) is 2.44. The first-order valence-corrected chi connectivity index (χ1v) is 14.1. The Balaban J connectivity index is 1.47. The lowest BCUT2D eigenvalue weighted by Crippen LogP contribution is -2.38. The fourth-order valence-corrected chi connectivity index (χ4v) is 4.39. The van der Waals surface area contributed by atoms with E-state index in [9.17, 15) is 18.0 Å². The van der Waals surface area contributed by atoms with Gasteiger partial charge in [0, 0.05) is 36.0 Å². The van der Waals surface area contributed by atoms with Crippen molar-refractivity contribution in [2.45, 2.75) is 19.9 Å². The van der Waals surface area contributed by atoms with Crippen molar-refractivity contribution in [3.05, 3.63) is 77.7 Å². The monoisotopic (exact) mass is 580 g/mol. The summed E-state index contributed by atoms with van der Waals surface area (Å²) in [6.07, 6.45) is 1.26. The number of benzene rings is 2. The Bertz CT molecular complexity index is 1690. The molecule has 15 heteroatoms. The van der Waals surface area contributed by atoms with Gasteiger partial charge in [-0.25, -0.2) is 23.2 Å². The second kappa shape index (κ2) is 12.3. The number of carbonyl (C=O) groups excluding carboxylic acids is 2. The van der Waals surface area contributed by atoms with E-state index in [0.717, 1.165) is 22.4 Å². The maximum atomic E-state index is 13.2. The zero-order chi connectivity index (χ0) is 29.6. The number of hydrogen-bond acceptors (Lipinski definition) is 10. The normalized spacial score (nSPS) is 11.7. The van der Waals surface area contributed by atoms with Gasteiger partial charge in [-0.05, 0) is 55.5 Å². The van der Waals surface area contributed by atoms with E-state index in [0.29, 0.717) is 29.0 Å². The number of amides is 2. The van der Waals surface area contributed by atoms with Crippen LogP contribution < -0.4 is 25.4 Å². The van der Waals surface area contributed by atoms with Gasteiger partial charge in [-0.15, -0.1) is 0 Å². The number of hydrogen-bond donors (Lipinski definition) is 5. The van der Waals surface area contributed by atoms with Crippen molar-refractivity contribution in [2.24, 2.45) is 10.9 Å². The van der Waals surface area contributed by atoms with Crippen molar-refractivity contribution < 1.29 is 28.0 Å². The third-order valence-corrected chi connectivity index (χ3v) is 6.46. The average Bonchev–Trinajstić information content (AvgIpc) is 3.37. The Hall–Kier alpha value is -5.18. The summed E-state index contributed by atoms with van der Waals surface area (Å²) in [6.45, 7) is 1.96. The third kappa shape index (κ3) is 7.48. The summed E-state index contributed by atoms with van der Waals surface area (Å²) in [5, 5.41) is 15.0. The van der Waals surface area contributed by atoms with Gasteiger partial charge in [0.15, 0.2) is 5.84 Å². The number of H-pyrrole nitrogens is 1. The van der Waals surface area contributed by atoms with Gasteiger partial charge < -0.3 is 26.0 Å². The molecule has 0 atom stereocenters. The van der Waals surface area contributed by atoms with Crippen molar-refractivity contribution in [3.63, 3.8) is 0 Å². The van der Waals surface area contributed by atoms with Crippen LogP contribution in [0, 0.1) is 6.92 Å². The largest absolute Gasteiger partial charge is 0.420 e. The summed E-state index contributed by atoms with van der Waals surface area (Å²) in [7, 11) is -3.74. The summed E-state index contributed by atoms with van der Waals surface area (Å²) in [4.78, 5) is 38.4. The first-order chi connectivity index (χ1) is 19.5. The van der Waals surface area contributed by atoms with Gasteiger partial charge in [-0.1, -0.05) is 11.2 Å². The SMILES string of the molecule is Cc1c(OC(=O)N(CCC(=O)NS(C)(=O)=O)c2ccccn2)ccc2[nH]c(CNc3ccc(C(N)=NO)cc3)nc12. The number of sulfonamides is 1. The molecule has 6 N–H and O–H groups in total. The fourth-order valence-electron chi connectivity index (χ4n) is 3.87. The minimum Gasteiger partial charge on any atom is -0.410 e. The smallest absolute Gasteiger partial charge is 0.410 e. The highest BCUT2D eigenvalue weighted by molar-refractivity contribution is 7.89. The molecular formula is C26H28N8O6S. The topological polar surface area (TPSA) is 205 Å². The number of amidine groups is 1. The van der Waals surface area contributed by atoms with Crippen molar-refractivity contribution in [3.8, 4) is 5.75 Å². The van der Waals surface area contributed by atoms with Crippen LogP contribution in [0.2, 0.25) is 0 Å². The maximum absolute atomic E-state index is 13.2. The number of fused-ring (bicyclic) bond motifs is 1. The zero-order valence-corrected chi connectivity index (χ0v) is 23.0. The van der Waals surface area contributed by atoms with Crippen LogP contribution >= 0.6 is 0 Å². The first kappa shape index (κ1) is 28.8. The molecule has 0 aliphatic heterocycles. The molecule has 0 bridgehead atoms. The van der Waals surface area contributed by atoms with Crippen LogP contribution in [0.25, 0.3) is 11.0 Å². The van der Waals surface area contributed by atoms with E-state index in [1.54, 1.807) is 61.5 Å². The highest BCUT2D eigenvalue weighted by Crippen LogP contribution is 2.27. The van der Waals surface area contributed by atoms with E-state index < -0.39 is 22.0 Å². The highest BCUT2D eigenvalue weighted by atomic mass is 32.2. The summed E-state index contributed by atoms with van der Waals surface area (Å²) in [6, 6.07) is 15.3. The van der Waals surface area contributed by atoms with Gasteiger partial charge in [0.1, 0.15) is 17.4 Å². The molecule has 0 unspecified atom stereocenters. The van der Waals surface area contributed by atoms with Gasteiger partial charge in [-0.3, -0.25) is 14.4 Å². The molecule has 14 nitrogen and oxygen atoms in total. The number of anilines is 2. The van der Waals surface area contributed by atoms with Crippen molar-refractivity contribution in [2.75, 3.05) is 23.0 Å². The first-order valence-electron chi connectivity index (χ1n) is 12.2. The molecule has 0 saturated heterocycles. The van der Waals surface area contributed by atoms with Crippen molar-refractivity contribution in [1.82, 2.24) is 19.7 Å². The van der Waals surface area contributed by atoms with Crippen LogP contribution in [0.1, 0.15) is 23.4 Å². The summed E-state index contributed by atoms with van der Waals surface area (Å²) >= 11 is 0. The van der Waals surface area contributed by atoms with Crippen LogP contribution in [0.3, 0.4) is 0 Å². The van der Waals surface area contributed by atoms with E-state index >= 15 is 0 Å². The molecular weight excluding hydrogens is 552 g/mol. The lowest BCUT2D eigenvalue weighted by Gasteiger charge is -2.21. The standard InChI is InChI=1S/C26H28N8O6S/c1-16-20(40-26(36)34(22-5-3-4-13-28-22)14-12-23(35)33-41(2,38)39)11-10-19-24(16)31-21(30-19)15-29-18-8-6-17(7-9-18)25(27)32-37/h3-11,13,29,37H,12,14-15H2,1-2H3,(H2,27,32)(H,30,31)(H,33,35). The number of imidazole rings is 1. The molecule has 0 aliphatic rings. The van der Waals surface area contributed by atoms with Crippen LogP contribution in [-0.2, 0) is 21.4 Å². The molecule has 4 aromatic rings. The molecule has 0 aliphatic carbocycles. The fraction of sp³-hybridized carbons (Fsp3) is 0.192. The molecule has 2 heterocycles. The van der Waals surface area contributed by atoms with Crippen LogP contribution in [0.4, 0.5) is 16.3 Å². The molecule has 2 aromatic carbocycles. The average molecular weight is 581 g/mol. The van der Waals surface area contributed by atoms with Gasteiger partial charge in [-0.2, -0.15) is 0 Å². The number of oxime groups is 1. The Morgan fingerprint density at radius 2 is 1.90 bits per heavy atom. The molecule has 0 fully saturated rings. The minimum atomic E-state index is -3.74. The van der Waals surface area contributed by atoms with Gasteiger partial charge in [0.25, 0.3) is 0 Å². The molecule has 41 heavy (non-hydrogen) atoms. The van der Waals surface area contributed by atoms with Crippen LogP contribution in [-0.4, -0.2) is 59.2 Å². The molecule has 4 rings (SSSR count). The Labute approximate surface area is 235 Å². The number of aromatic nitrogens is 3. The number of nitrogens with two attached hydrogens (primary N) is 1. The van der Waals surface area contributed by atoms with Gasteiger partial charge in [0.2, 0.25) is 15.9 Å². The Morgan fingerprint density at radius 3 is 2.56 bits per heavy atom. The molecule has 214 valence electrons. The van der Waals surface area contributed by atoms with Crippen molar-refractivity contribution in [1.29, 1.82) is 0 Å². The van der Waals surface area contributed by atoms with E-state index in [4.69, 9.17) is 15.7 Å². The van der Waals surface area contributed by atoms with Gasteiger partial charge in [0.05, 0.1) is 23.8 Å². The number of carbonyl (C=O) groups is 2. The summed E-state index contributed by atoms with van der Waals surface area (Å²) in [5.41, 5.74) is 8.92. The maximum Gasteiger partial charge on any atom is 0.420 e. The lowest BCUT2D eigenvalue weighted by molar-refractivity contribution is -0.119. The van der Waals surface area contributed by atoms with E-state index in [1.165, 1.54) is 6.20 Å². The Morgan fingerprint density at radius 1 is 1.15 bits per heavy atom. The predicted molar refractivity (Wildman–Crippen MR) is 152 cm³/mol. The third-order valence-electron chi connectivity index (χ3n) is 5.86. The van der Waals surface area contributed by atoms with Crippen LogP contribution in [0.5, 0.6) is 5.75 Å². The second-order valence-electron chi connectivity index (χ2n) is 8.94. The number of nitrogens with zero attached hydrogens (tertiary/aromatic N) is 4. The van der Waals surface area contributed by atoms with Gasteiger partial charge >= 0.3 is 6.09 Å². The minimum absolute atomic E-state index is 0.0152. The highest BCUT2D eigenvalue weighted by Gasteiger charge is 2.22. The number of nitrogens with one attached hydrogen (secondary N) is 3. The molecule has 0 spiro atoms. The Kier molecular flexibility index (Phi) is 8.67. The number of pyridine rings is 1.